The first-order chi connectivity index (χ1) is 11.0. The van der Waals surface area contributed by atoms with Crippen LogP contribution in [0.3, 0.4) is 0 Å². The number of aromatic nitrogens is 1. The third-order valence-corrected chi connectivity index (χ3v) is 4.81. The van der Waals surface area contributed by atoms with Crippen molar-refractivity contribution in [3.05, 3.63) is 53.1 Å². The lowest BCUT2D eigenvalue weighted by Crippen LogP contribution is -2.42. The summed E-state index contributed by atoms with van der Waals surface area (Å²) >= 11 is 0. The lowest BCUT2D eigenvalue weighted by atomic mass is 10.0. The quantitative estimate of drug-likeness (QED) is 0.813. The first kappa shape index (κ1) is 15.8. The number of rotatable bonds is 2. The van der Waals surface area contributed by atoms with E-state index in [9.17, 15) is 9.18 Å². The number of likely N-dealkylation sites (tertiary alicyclic amines) is 1. The van der Waals surface area contributed by atoms with Crippen LogP contribution in [0.15, 0.2) is 30.3 Å². The van der Waals surface area contributed by atoms with Gasteiger partial charge in [-0.2, -0.15) is 0 Å². The number of carbonyl (C=O) groups excluding carboxylic acids is 1. The highest BCUT2D eigenvalue weighted by atomic mass is 19.1. The second kappa shape index (κ2) is 6.19. The van der Waals surface area contributed by atoms with E-state index >= 15 is 0 Å². The highest BCUT2D eigenvalue weighted by Gasteiger charge is 2.27. The Balaban J connectivity index is 1.97. The molecular formula is C19H23FN2O. The van der Waals surface area contributed by atoms with Gasteiger partial charge in [-0.05, 0) is 70.4 Å². The molecule has 1 aromatic carbocycles. The van der Waals surface area contributed by atoms with E-state index in [1.54, 1.807) is 12.1 Å². The second-order valence-electron chi connectivity index (χ2n) is 6.44. The SMILES string of the molecule is Cc1cc(C(=O)N2CCCCC2C)c(C)n1-c1ccc(F)cc1. The topological polar surface area (TPSA) is 25.2 Å². The summed E-state index contributed by atoms with van der Waals surface area (Å²) in [6.07, 6.45) is 3.34. The molecule has 1 fully saturated rings. The van der Waals surface area contributed by atoms with Gasteiger partial charge in [0.15, 0.2) is 0 Å². The Bertz CT molecular complexity index is 718. The van der Waals surface area contributed by atoms with Gasteiger partial charge in [-0.1, -0.05) is 0 Å². The zero-order valence-corrected chi connectivity index (χ0v) is 14.0. The molecule has 0 saturated carbocycles. The molecule has 2 heterocycles. The van der Waals surface area contributed by atoms with Gasteiger partial charge >= 0.3 is 0 Å². The molecule has 1 aliphatic heterocycles. The largest absolute Gasteiger partial charge is 0.336 e. The molecule has 3 nitrogen and oxygen atoms in total. The number of nitrogens with zero attached hydrogens (tertiary/aromatic N) is 2. The minimum absolute atomic E-state index is 0.110. The maximum atomic E-state index is 13.2. The molecule has 4 heteroatoms. The van der Waals surface area contributed by atoms with Gasteiger partial charge in [-0.3, -0.25) is 4.79 Å². The van der Waals surface area contributed by atoms with Crippen molar-refractivity contribution in [2.24, 2.45) is 0 Å². The Morgan fingerprint density at radius 2 is 1.87 bits per heavy atom. The van der Waals surface area contributed by atoms with Crippen molar-refractivity contribution in [2.45, 2.75) is 46.1 Å². The third kappa shape index (κ3) is 2.90. The van der Waals surface area contributed by atoms with Gasteiger partial charge in [-0.15, -0.1) is 0 Å². The lowest BCUT2D eigenvalue weighted by Gasteiger charge is -2.33. The zero-order valence-electron chi connectivity index (χ0n) is 14.0. The van der Waals surface area contributed by atoms with Crippen LogP contribution in [0.2, 0.25) is 0 Å². The third-order valence-electron chi connectivity index (χ3n) is 4.81. The van der Waals surface area contributed by atoms with E-state index in [1.807, 2.05) is 29.4 Å². The number of hydrogen-bond acceptors (Lipinski definition) is 1. The molecule has 23 heavy (non-hydrogen) atoms. The predicted molar refractivity (Wildman–Crippen MR) is 89.6 cm³/mol. The van der Waals surface area contributed by atoms with Crippen molar-refractivity contribution >= 4 is 5.91 Å². The van der Waals surface area contributed by atoms with Crippen LogP contribution >= 0.6 is 0 Å². The fourth-order valence-electron chi connectivity index (χ4n) is 3.52. The van der Waals surface area contributed by atoms with Gasteiger partial charge in [-0.25, -0.2) is 4.39 Å². The number of benzene rings is 1. The maximum Gasteiger partial charge on any atom is 0.255 e. The van der Waals surface area contributed by atoms with Gasteiger partial charge in [0.1, 0.15) is 5.82 Å². The van der Waals surface area contributed by atoms with Crippen LogP contribution in [0, 0.1) is 19.7 Å². The van der Waals surface area contributed by atoms with E-state index in [0.29, 0.717) is 6.04 Å². The van der Waals surface area contributed by atoms with Crippen LogP contribution in [0.25, 0.3) is 5.69 Å². The molecule has 0 N–H and O–H groups in total. The molecule has 122 valence electrons. The van der Waals surface area contributed by atoms with Gasteiger partial charge in [0.2, 0.25) is 0 Å². The van der Waals surface area contributed by atoms with E-state index in [4.69, 9.17) is 0 Å². The Labute approximate surface area is 136 Å². The Morgan fingerprint density at radius 1 is 1.17 bits per heavy atom. The highest BCUT2D eigenvalue weighted by molar-refractivity contribution is 5.96. The highest BCUT2D eigenvalue weighted by Crippen LogP contribution is 2.25. The van der Waals surface area contributed by atoms with Crippen molar-refractivity contribution in [3.63, 3.8) is 0 Å². The van der Waals surface area contributed by atoms with Crippen LogP contribution in [0.1, 0.15) is 47.9 Å². The van der Waals surface area contributed by atoms with Crippen LogP contribution in [-0.4, -0.2) is 28.0 Å². The Hall–Kier alpha value is -2.10. The summed E-state index contributed by atoms with van der Waals surface area (Å²) in [6.45, 7) is 6.89. The van der Waals surface area contributed by atoms with Crippen molar-refractivity contribution in [2.75, 3.05) is 6.54 Å². The van der Waals surface area contributed by atoms with Crippen LogP contribution < -0.4 is 0 Å². The number of amides is 1. The number of halogens is 1. The molecule has 1 aromatic heterocycles. The Morgan fingerprint density at radius 3 is 2.52 bits per heavy atom. The lowest BCUT2D eigenvalue weighted by molar-refractivity contribution is 0.0635. The van der Waals surface area contributed by atoms with E-state index in [1.165, 1.54) is 18.6 Å². The van der Waals surface area contributed by atoms with E-state index in [-0.39, 0.29) is 11.7 Å². The predicted octanol–water partition coefficient (Wildman–Crippen LogP) is 4.25. The van der Waals surface area contributed by atoms with Gasteiger partial charge in [0.05, 0.1) is 5.56 Å². The summed E-state index contributed by atoms with van der Waals surface area (Å²) in [5.41, 5.74) is 3.53. The molecule has 0 aliphatic carbocycles. The second-order valence-corrected chi connectivity index (χ2v) is 6.44. The summed E-state index contributed by atoms with van der Waals surface area (Å²) < 4.78 is 15.2. The van der Waals surface area contributed by atoms with Crippen molar-refractivity contribution in [1.82, 2.24) is 9.47 Å². The van der Waals surface area contributed by atoms with Crippen LogP contribution in [0.5, 0.6) is 0 Å². The molecule has 2 aromatic rings. The molecule has 0 radical (unpaired) electrons. The minimum atomic E-state index is -0.255. The van der Waals surface area contributed by atoms with Crippen LogP contribution in [-0.2, 0) is 0 Å². The van der Waals surface area contributed by atoms with Gasteiger partial charge in [0, 0.05) is 29.7 Å². The van der Waals surface area contributed by atoms with Crippen LogP contribution in [0.4, 0.5) is 4.39 Å². The van der Waals surface area contributed by atoms with Gasteiger partial charge in [0.25, 0.3) is 5.91 Å². The summed E-state index contributed by atoms with van der Waals surface area (Å²) in [6, 6.07) is 8.62. The number of carbonyl (C=O) groups is 1. The number of piperidine rings is 1. The molecular weight excluding hydrogens is 291 g/mol. The first-order valence-electron chi connectivity index (χ1n) is 8.25. The first-order valence-corrected chi connectivity index (χ1v) is 8.25. The van der Waals surface area contributed by atoms with E-state index < -0.39 is 0 Å². The normalized spacial score (nSPS) is 18.3. The van der Waals surface area contributed by atoms with Crippen molar-refractivity contribution in [3.8, 4) is 5.69 Å². The van der Waals surface area contributed by atoms with Crippen molar-refractivity contribution in [1.29, 1.82) is 0 Å². The molecule has 3 rings (SSSR count). The molecule has 1 unspecified atom stereocenters. The number of aryl methyl sites for hydroxylation is 1. The fourth-order valence-corrected chi connectivity index (χ4v) is 3.52. The summed E-state index contributed by atoms with van der Waals surface area (Å²) in [7, 11) is 0. The molecule has 1 saturated heterocycles. The number of hydrogen-bond donors (Lipinski definition) is 0. The summed E-state index contributed by atoms with van der Waals surface area (Å²) in [5, 5.41) is 0. The fraction of sp³-hybridized carbons (Fsp3) is 0.421. The Kier molecular flexibility index (Phi) is 4.24. The van der Waals surface area contributed by atoms with E-state index in [2.05, 4.69) is 6.92 Å². The maximum absolute atomic E-state index is 13.2. The molecule has 1 atom stereocenters. The standard InChI is InChI=1S/C19H23FN2O/c1-13-6-4-5-11-21(13)19(23)18-12-14(2)22(15(18)3)17-9-7-16(20)8-10-17/h7-10,12-13H,4-6,11H2,1-3H3. The molecule has 0 bridgehead atoms. The minimum Gasteiger partial charge on any atom is -0.336 e. The zero-order chi connectivity index (χ0) is 16.6. The summed E-state index contributed by atoms with van der Waals surface area (Å²) in [4.78, 5) is 14.9. The smallest absolute Gasteiger partial charge is 0.255 e. The average molecular weight is 314 g/mol. The van der Waals surface area contributed by atoms with Gasteiger partial charge < -0.3 is 9.47 Å². The van der Waals surface area contributed by atoms with E-state index in [0.717, 1.165) is 42.0 Å². The molecule has 1 aliphatic rings. The monoisotopic (exact) mass is 314 g/mol. The summed E-state index contributed by atoms with van der Waals surface area (Å²) in [5.74, 6) is -0.145. The van der Waals surface area contributed by atoms with Crippen molar-refractivity contribution < 1.29 is 9.18 Å². The molecule has 1 amide bonds. The molecule has 0 spiro atoms. The average Bonchev–Trinajstić information content (AvgIpc) is 2.83.